The molecule has 0 amide bonds. The number of ketones is 1. The van der Waals surface area contributed by atoms with Crippen LogP contribution in [0, 0.1) is 40.4 Å². The average Bonchev–Trinajstić information content (AvgIpc) is 3.11. The maximum absolute atomic E-state index is 13.5. The van der Waals surface area contributed by atoms with E-state index in [-0.39, 0.29) is 53.9 Å². The number of ether oxygens (including phenoxy) is 1. The Morgan fingerprint density at radius 3 is 2.34 bits per heavy atom. The summed E-state index contributed by atoms with van der Waals surface area (Å²) in [6.07, 6.45) is 5.54. The van der Waals surface area contributed by atoms with Crippen LogP contribution in [0.15, 0.2) is 0 Å². The van der Waals surface area contributed by atoms with Crippen molar-refractivity contribution in [1.82, 2.24) is 0 Å². The van der Waals surface area contributed by atoms with Crippen LogP contribution in [-0.4, -0.2) is 50.5 Å². The van der Waals surface area contributed by atoms with Gasteiger partial charge in [-0.15, -0.1) is 0 Å². The maximum atomic E-state index is 13.5. The van der Waals surface area contributed by atoms with E-state index >= 15 is 0 Å². The summed E-state index contributed by atoms with van der Waals surface area (Å²) in [4.78, 5) is 25.4. The molecule has 4 rings (SSSR count). The molecule has 10 unspecified atom stereocenters. The summed E-state index contributed by atoms with van der Waals surface area (Å²) in [5.74, 6) is 0.666. The zero-order valence-electron chi connectivity index (χ0n) is 22.7. The third kappa shape index (κ3) is 4.01. The second kappa shape index (κ2) is 9.09. The highest BCUT2D eigenvalue weighted by molar-refractivity contribution is 5.90. The zero-order chi connectivity index (χ0) is 26.0. The second-order valence-corrected chi connectivity index (χ2v) is 13.5. The van der Waals surface area contributed by atoms with Crippen LogP contribution in [-0.2, 0) is 14.3 Å². The molecule has 0 aromatic rings. The molecule has 0 saturated heterocycles. The van der Waals surface area contributed by atoms with Crippen LogP contribution in [0.25, 0.3) is 0 Å². The molecular formula is C29H48O6. The molecule has 4 aliphatic rings. The quantitative estimate of drug-likeness (QED) is 0.474. The molecule has 4 fully saturated rings. The number of aliphatic hydroxyl groups excluding tert-OH is 1. The van der Waals surface area contributed by atoms with Gasteiger partial charge in [-0.05, 0) is 86.4 Å². The molecule has 0 aliphatic heterocycles. The number of hydrogen-bond donors (Lipinski definition) is 3. The first kappa shape index (κ1) is 27.1. The van der Waals surface area contributed by atoms with Crippen LogP contribution < -0.4 is 0 Å². The van der Waals surface area contributed by atoms with Gasteiger partial charge in [-0.3, -0.25) is 9.59 Å². The standard InChI is InChI=1S/C29H48O6/c1-17(2)7-10-24(35-19(4)30)18(3)21-8-9-22-23-15-25(32)29(34)16-20(31)11-12-27(29,6)28(23,33)14-13-26(21,22)5/h17-18,20-24,31,33-34H,7-16H2,1-6H3. The van der Waals surface area contributed by atoms with E-state index in [9.17, 15) is 24.9 Å². The maximum Gasteiger partial charge on any atom is 0.302 e. The summed E-state index contributed by atoms with van der Waals surface area (Å²) in [5.41, 5.74) is -3.77. The van der Waals surface area contributed by atoms with E-state index in [0.29, 0.717) is 31.1 Å². The summed E-state index contributed by atoms with van der Waals surface area (Å²) >= 11 is 0. The van der Waals surface area contributed by atoms with E-state index < -0.39 is 22.7 Å². The number of aliphatic hydroxyl groups is 3. The van der Waals surface area contributed by atoms with Gasteiger partial charge in [0.2, 0.25) is 0 Å². The minimum Gasteiger partial charge on any atom is -0.462 e. The van der Waals surface area contributed by atoms with Crippen molar-refractivity contribution in [3.8, 4) is 0 Å². The molecule has 3 N–H and O–H groups in total. The Hall–Kier alpha value is -0.980. The Labute approximate surface area is 211 Å². The Morgan fingerprint density at radius 2 is 1.71 bits per heavy atom. The number of fused-ring (bicyclic) bond motifs is 5. The lowest BCUT2D eigenvalue weighted by atomic mass is 9.40. The predicted octanol–water partition coefficient (Wildman–Crippen LogP) is 4.42. The van der Waals surface area contributed by atoms with Crippen molar-refractivity contribution in [3.05, 3.63) is 0 Å². The SMILES string of the molecule is CC(=O)OC(CCC(C)C)C(C)C1CCC2C3CC(=O)C4(O)CC(O)CCC4(C)C3(O)CCC12C. The van der Waals surface area contributed by atoms with Gasteiger partial charge in [0.05, 0.1) is 11.7 Å². The Morgan fingerprint density at radius 1 is 1.03 bits per heavy atom. The van der Waals surface area contributed by atoms with E-state index in [1.54, 1.807) is 0 Å². The number of esters is 1. The topological polar surface area (TPSA) is 104 Å². The van der Waals surface area contributed by atoms with Crippen molar-refractivity contribution in [2.24, 2.45) is 40.4 Å². The van der Waals surface area contributed by atoms with Crippen molar-refractivity contribution in [1.29, 1.82) is 0 Å². The van der Waals surface area contributed by atoms with Gasteiger partial charge in [0.15, 0.2) is 5.78 Å². The highest BCUT2D eigenvalue weighted by Crippen LogP contribution is 2.70. The van der Waals surface area contributed by atoms with Crippen molar-refractivity contribution in [3.63, 3.8) is 0 Å². The van der Waals surface area contributed by atoms with Gasteiger partial charge in [0.1, 0.15) is 11.7 Å². The number of rotatable bonds is 6. The third-order valence-corrected chi connectivity index (χ3v) is 11.4. The van der Waals surface area contributed by atoms with Gasteiger partial charge >= 0.3 is 5.97 Å². The highest BCUT2D eigenvalue weighted by Gasteiger charge is 2.74. The molecule has 4 saturated carbocycles. The molecule has 4 aliphatic carbocycles. The van der Waals surface area contributed by atoms with Gasteiger partial charge in [0.25, 0.3) is 0 Å². The lowest BCUT2D eigenvalue weighted by molar-refractivity contribution is -0.278. The van der Waals surface area contributed by atoms with Crippen LogP contribution in [0.3, 0.4) is 0 Å². The molecule has 0 aromatic heterocycles. The van der Waals surface area contributed by atoms with E-state index in [0.717, 1.165) is 32.1 Å². The van der Waals surface area contributed by atoms with Crippen molar-refractivity contribution >= 4 is 11.8 Å². The van der Waals surface area contributed by atoms with Gasteiger partial charge in [0, 0.05) is 25.2 Å². The van der Waals surface area contributed by atoms with E-state index in [4.69, 9.17) is 4.74 Å². The van der Waals surface area contributed by atoms with Gasteiger partial charge in [-0.2, -0.15) is 0 Å². The fraction of sp³-hybridized carbons (Fsp3) is 0.931. The van der Waals surface area contributed by atoms with E-state index in [1.165, 1.54) is 6.92 Å². The van der Waals surface area contributed by atoms with Crippen LogP contribution in [0.4, 0.5) is 0 Å². The van der Waals surface area contributed by atoms with Crippen LogP contribution in [0.2, 0.25) is 0 Å². The predicted molar refractivity (Wildman–Crippen MR) is 133 cm³/mol. The van der Waals surface area contributed by atoms with Crippen LogP contribution in [0.1, 0.15) is 106 Å². The summed E-state index contributed by atoms with van der Waals surface area (Å²) < 4.78 is 5.85. The van der Waals surface area contributed by atoms with Crippen molar-refractivity contribution in [2.75, 3.05) is 0 Å². The Kier molecular flexibility index (Phi) is 7.03. The molecule has 6 nitrogen and oxygen atoms in total. The minimum atomic E-state index is -1.66. The molecule has 10 atom stereocenters. The minimum absolute atomic E-state index is 0.0267. The average molecular weight is 493 g/mol. The van der Waals surface area contributed by atoms with Crippen molar-refractivity contribution < 1.29 is 29.6 Å². The van der Waals surface area contributed by atoms with Crippen LogP contribution >= 0.6 is 0 Å². The summed E-state index contributed by atoms with van der Waals surface area (Å²) in [5, 5.41) is 34.2. The number of hydrogen-bond acceptors (Lipinski definition) is 6. The normalized spacial score (nSPS) is 47.0. The van der Waals surface area contributed by atoms with Gasteiger partial charge < -0.3 is 20.1 Å². The first-order valence-corrected chi connectivity index (χ1v) is 14.0. The molecule has 0 radical (unpaired) electrons. The second-order valence-electron chi connectivity index (χ2n) is 13.5. The molecule has 0 spiro atoms. The molecule has 0 bridgehead atoms. The van der Waals surface area contributed by atoms with Crippen LogP contribution in [0.5, 0.6) is 0 Å². The first-order chi connectivity index (χ1) is 16.2. The number of carbonyl (C=O) groups excluding carboxylic acids is 2. The zero-order valence-corrected chi connectivity index (χ0v) is 22.7. The molecule has 6 heteroatoms. The summed E-state index contributed by atoms with van der Waals surface area (Å²) in [7, 11) is 0. The molecule has 0 aromatic carbocycles. The Bertz CT molecular complexity index is 841. The van der Waals surface area contributed by atoms with Gasteiger partial charge in [-0.25, -0.2) is 0 Å². The summed E-state index contributed by atoms with van der Waals surface area (Å²) in [6, 6.07) is 0. The number of Topliss-reactive ketones (excluding diaryl/α,β-unsaturated/α-hetero) is 1. The smallest absolute Gasteiger partial charge is 0.302 e. The summed E-state index contributed by atoms with van der Waals surface area (Å²) in [6.45, 7) is 12.3. The van der Waals surface area contributed by atoms with E-state index in [2.05, 4.69) is 27.7 Å². The fourth-order valence-corrected chi connectivity index (χ4v) is 9.26. The highest BCUT2D eigenvalue weighted by atomic mass is 16.5. The molecular weight excluding hydrogens is 444 g/mol. The van der Waals surface area contributed by atoms with E-state index in [1.807, 2.05) is 6.92 Å². The molecule has 0 heterocycles. The largest absolute Gasteiger partial charge is 0.462 e. The molecule has 35 heavy (non-hydrogen) atoms. The number of carbonyl (C=O) groups is 2. The Balaban J connectivity index is 1.62. The monoisotopic (exact) mass is 492 g/mol. The molecule has 200 valence electrons. The third-order valence-electron chi connectivity index (χ3n) is 11.4. The lowest BCUT2D eigenvalue weighted by Crippen LogP contribution is -2.75. The lowest BCUT2D eigenvalue weighted by Gasteiger charge is -2.67. The van der Waals surface area contributed by atoms with Gasteiger partial charge in [-0.1, -0.05) is 34.6 Å². The van der Waals surface area contributed by atoms with Crippen molar-refractivity contribution in [2.45, 2.75) is 129 Å². The fourth-order valence-electron chi connectivity index (χ4n) is 9.26. The first-order valence-electron chi connectivity index (χ1n) is 14.0.